The normalized spacial score (nSPS) is 15.5. The van der Waals surface area contributed by atoms with Crippen molar-refractivity contribution in [3.63, 3.8) is 0 Å². The molecule has 2 aliphatic rings. The molecule has 0 aromatic heterocycles. The van der Waals surface area contributed by atoms with Crippen LogP contribution in [0.4, 0.5) is 0 Å². The summed E-state index contributed by atoms with van der Waals surface area (Å²) in [7, 11) is 0. The number of carbonyl (C=O) groups excluding carboxylic acids is 2. The molecular formula is C29H52O4. The Hall–Kier alpha value is -1.06. The fraction of sp³-hybridized carbons (Fsp3) is 0.931. The monoisotopic (exact) mass is 464 g/mol. The van der Waals surface area contributed by atoms with E-state index in [0.717, 1.165) is 37.5 Å². The van der Waals surface area contributed by atoms with Crippen LogP contribution < -0.4 is 0 Å². The number of rotatable bonds is 24. The van der Waals surface area contributed by atoms with Crippen LogP contribution in [0.3, 0.4) is 0 Å². The van der Waals surface area contributed by atoms with Crippen molar-refractivity contribution in [2.45, 2.75) is 148 Å². The molecule has 33 heavy (non-hydrogen) atoms. The van der Waals surface area contributed by atoms with Gasteiger partial charge in [-0.2, -0.15) is 0 Å². The third-order valence-corrected chi connectivity index (χ3v) is 7.20. The molecule has 0 aromatic rings. The zero-order valence-corrected chi connectivity index (χ0v) is 21.5. The maximum Gasteiger partial charge on any atom is 0.305 e. The number of ether oxygens (including phenoxy) is 2. The molecule has 0 aliphatic heterocycles. The topological polar surface area (TPSA) is 52.6 Å². The van der Waals surface area contributed by atoms with Gasteiger partial charge in [0.15, 0.2) is 0 Å². The highest BCUT2D eigenvalue weighted by molar-refractivity contribution is 5.72. The van der Waals surface area contributed by atoms with Crippen LogP contribution in [0.5, 0.6) is 0 Å². The summed E-state index contributed by atoms with van der Waals surface area (Å²) in [4.78, 5) is 23.6. The standard InChI is InChI=1S/C29H52O4/c30-28(32-24-13-9-5-1-3-7-11-16-26-20-21-26)18-15-19-29(31)33-25-14-10-6-2-4-8-12-17-27-22-23-27/h26-27H,1-25H2. The van der Waals surface area contributed by atoms with E-state index in [1.165, 1.54) is 103 Å². The van der Waals surface area contributed by atoms with Crippen LogP contribution in [0.2, 0.25) is 0 Å². The van der Waals surface area contributed by atoms with Crippen molar-refractivity contribution in [2.24, 2.45) is 11.8 Å². The minimum atomic E-state index is -0.181. The Balaban J connectivity index is 1.22. The average Bonchev–Trinajstić information content (AvgIpc) is 3.72. The fourth-order valence-corrected chi connectivity index (χ4v) is 4.54. The molecule has 0 heterocycles. The highest BCUT2D eigenvalue weighted by Gasteiger charge is 2.20. The quantitative estimate of drug-likeness (QED) is 0.106. The zero-order chi connectivity index (χ0) is 23.4. The number of carbonyl (C=O) groups is 2. The Bertz CT molecular complexity index is 452. The summed E-state index contributed by atoms with van der Waals surface area (Å²) in [5.41, 5.74) is 0. The van der Waals surface area contributed by atoms with Crippen molar-refractivity contribution in [2.75, 3.05) is 13.2 Å². The summed E-state index contributed by atoms with van der Waals surface area (Å²) in [6.45, 7) is 1.04. The SMILES string of the molecule is O=C(CCCC(=O)OCCCCCCCCCC1CC1)OCCCCCCCCCC1CC1. The summed E-state index contributed by atoms with van der Waals surface area (Å²) >= 11 is 0. The van der Waals surface area contributed by atoms with Crippen molar-refractivity contribution in [3.05, 3.63) is 0 Å². The van der Waals surface area contributed by atoms with Gasteiger partial charge in [-0.3, -0.25) is 9.59 Å². The van der Waals surface area contributed by atoms with Crippen molar-refractivity contribution in [3.8, 4) is 0 Å². The number of esters is 2. The molecule has 192 valence electrons. The molecule has 0 spiro atoms. The second kappa shape index (κ2) is 19.3. The fourth-order valence-electron chi connectivity index (χ4n) is 4.54. The minimum absolute atomic E-state index is 0.181. The van der Waals surface area contributed by atoms with Crippen LogP contribution in [-0.4, -0.2) is 25.2 Å². The highest BCUT2D eigenvalue weighted by atomic mass is 16.5. The zero-order valence-electron chi connectivity index (χ0n) is 21.5. The first kappa shape index (κ1) is 28.2. The summed E-state index contributed by atoms with van der Waals surface area (Å²) in [5, 5.41) is 0. The van der Waals surface area contributed by atoms with Crippen LogP contribution >= 0.6 is 0 Å². The molecule has 4 nitrogen and oxygen atoms in total. The second-order valence-electron chi connectivity index (χ2n) is 10.7. The largest absolute Gasteiger partial charge is 0.466 e. The smallest absolute Gasteiger partial charge is 0.305 e. The lowest BCUT2D eigenvalue weighted by molar-refractivity contribution is -0.145. The van der Waals surface area contributed by atoms with Crippen molar-refractivity contribution in [1.82, 2.24) is 0 Å². The van der Waals surface area contributed by atoms with E-state index >= 15 is 0 Å². The van der Waals surface area contributed by atoms with Crippen molar-refractivity contribution in [1.29, 1.82) is 0 Å². The van der Waals surface area contributed by atoms with Gasteiger partial charge in [-0.25, -0.2) is 0 Å². The molecular weight excluding hydrogens is 412 g/mol. The molecule has 0 amide bonds. The Morgan fingerprint density at radius 2 is 0.788 bits per heavy atom. The van der Waals surface area contributed by atoms with E-state index < -0.39 is 0 Å². The minimum Gasteiger partial charge on any atom is -0.466 e. The van der Waals surface area contributed by atoms with Gasteiger partial charge in [-0.1, -0.05) is 116 Å². The molecule has 2 saturated carbocycles. The van der Waals surface area contributed by atoms with Gasteiger partial charge in [0.1, 0.15) is 0 Å². The molecule has 0 aromatic carbocycles. The Kier molecular flexibility index (Phi) is 16.5. The lowest BCUT2D eigenvalue weighted by Crippen LogP contribution is -2.09. The number of hydrogen-bond acceptors (Lipinski definition) is 4. The van der Waals surface area contributed by atoms with Gasteiger partial charge < -0.3 is 9.47 Å². The molecule has 2 rings (SSSR count). The van der Waals surface area contributed by atoms with Gasteiger partial charge in [0.2, 0.25) is 0 Å². The lowest BCUT2D eigenvalue weighted by Gasteiger charge is -2.06. The van der Waals surface area contributed by atoms with Gasteiger partial charge in [-0.05, 0) is 31.1 Å². The van der Waals surface area contributed by atoms with E-state index in [2.05, 4.69) is 0 Å². The van der Waals surface area contributed by atoms with E-state index in [4.69, 9.17) is 9.47 Å². The predicted octanol–water partition coefficient (Wildman–Crippen LogP) is 8.30. The van der Waals surface area contributed by atoms with Gasteiger partial charge in [0.05, 0.1) is 13.2 Å². The Morgan fingerprint density at radius 3 is 1.15 bits per heavy atom. The summed E-state index contributed by atoms with van der Waals surface area (Å²) in [6, 6.07) is 0. The molecule has 0 radical (unpaired) electrons. The highest BCUT2D eigenvalue weighted by Crippen LogP contribution is 2.34. The first-order chi connectivity index (χ1) is 16.2. The molecule has 2 aliphatic carbocycles. The predicted molar refractivity (Wildman–Crippen MR) is 135 cm³/mol. The third kappa shape index (κ3) is 19.0. The first-order valence-corrected chi connectivity index (χ1v) is 14.6. The van der Waals surface area contributed by atoms with Crippen molar-refractivity contribution < 1.29 is 19.1 Å². The van der Waals surface area contributed by atoms with Crippen molar-refractivity contribution >= 4 is 11.9 Å². The van der Waals surface area contributed by atoms with Gasteiger partial charge in [0.25, 0.3) is 0 Å². The average molecular weight is 465 g/mol. The Labute approximate surface area is 203 Å². The van der Waals surface area contributed by atoms with Gasteiger partial charge in [0, 0.05) is 12.8 Å². The maximum atomic E-state index is 11.8. The van der Waals surface area contributed by atoms with Crippen LogP contribution in [0, 0.1) is 11.8 Å². The van der Waals surface area contributed by atoms with Crippen LogP contribution in [0.1, 0.15) is 148 Å². The summed E-state index contributed by atoms with van der Waals surface area (Å²) in [5.74, 6) is 1.78. The van der Waals surface area contributed by atoms with E-state index in [1.807, 2.05) is 0 Å². The molecule has 0 atom stereocenters. The molecule has 0 unspecified atom stereocenters. The molecule has 0 saturated heterocycles. The summed E-state index contributed by atoms with van der Waals surface area (Å²) in [6.07, 6.45) is 27.5. The third-order valence-electron chi connectivity index (χ3n) is 7.20. The second-order valence-corrected chi connectivity index (χ2v) is 10.7. The lowest BCUT2D eigenvalue weighted by atomic mass is 10.1. The Morgan fingerprint density at radius 1 is 0.455 bits per heavy atom. The number of unbranched alkanes of at least 4 members (excludes halogenated alkanes) is 12. The molecule has 2 fully saturated rings. The summed E-state index contributed by atoms with van der Waals surface area (Å²) < 4.78 is 10.6. The van der Waals surface area contributed by atoms with E-state index in [1.54, 1.807) is 0 Å². The molecule has 0 N–H and O–H groups in total. The van der Waals surface area contributed by atoms with E-state index in [-0.39, 0.29) is 11.9 Å². The number of hydrogen-bond donors (Lipinski definition) is 0. The maximum absolute atomic E-state index is 11.8. The molecule has 0 bridgehead atoms. The van der Waals surface area contributed by atoms with Gasteiger partial charge in [-0.15, -0.1) is 0 Å². The molecule has 4 heteroatoms. The van der Waals surface area contributed by atoms with E-state index in [0.29, 0.717) is 32.5 Å². The van der Waals surface area contributed by atoms with Gasteiger partial charge >= 0.3 is 11.9 Å². The van der Waals surface area contributed by atoms with Crippen LogP contribution in [0.15, 0.2) is 0 Å². The van der Waals surface area contributed by atoms with Crippen LogP contribution in [-0.2, 0) is 19.1 Å². The van der Waals surface area contributed by atoms with E-state index in [9.17, 15) is 9.59 Å². The van der Waals surface area contributed by atoms with Crippen LogP contribution in [0.25, 0.3) is 0 Å². The first-order valence-electron chi connectivity index (χ1n) is 14.6.